The number of aromatic nitrogens is 2. The number of carbonyl (C=O) groups excluding carboxylic acids is 1. The second-order valence-corrected chi connectivity index (χ2v) is 9.01. The summed E-state index contributed by atoms with van der Waals surface area (Å²) in [4.78, 5) is 21.4. The summed E-state index contributed by atoms with van der Waals surface area (Å²) >= 11 is 1.43. The van der Waals surface area contributed by atoms with E-state index in [0.717, 1.165) is 34.4 Å². The number of carbonyl (C=O) groups is 1. The Balaban J connectivity index is 1.43. The third-order valence-corrected chi connectivity index (χ3v) is 6.87. The van der Waals surface area contributed by atoms with Gasteiger partial charge in [-0.15, -0.1) is 0 Å². The Kier molecular flexibility index (Phi) is 5.02. The highest BCUT2D eigenvalue weighted by Gasteiger charge is 2.47. The highest BCUT2D eigenvalue weighted by molar-refractivity contribution is 7.21. The molecule has 1 saturated carbocycles. The summed E-state index contributed by atoms with van der Waals surface area (Å²) in [6.07, 6.45) is 2.77. The maximum atomic E-state index is 14.8. The van der Waals surface area contributed by atoms with Crippen LogP contribution < -0.4 is 5.32 Å². The first-order chi connectivity index (χ1) is 15.0. The van der Waals surface area contributed by atoms with Crippen molar-refractivity contribution in [2.24, 2.45) is 0 Å². The Labute approximate surface area is 184 Å². The number of hydrogen-bond acceptors (Lipinski definition) is 4. The van der Waals surface area contributed by atoms with Crippen LogP contribution in [0.3, 0.4) is 0 Å². The van der Waals surface area contributed by atoms with Crippen molar-refractivity contribution in [3.8, 4) is 10.6 Å². The standard InChI is InChI=1S/C25H22FN3OS/c1-16(30)27-14-11-17-7-8-19(20(26)15-17)23-28-21-9-10-22(29-24(21)31-23)25(12-13-25)18-5-3-2-4-6-18/h2-10,15H,11-14H2,1H3,(H,27,30). The minimum absolute atomic E-state index is 0.000406. The fourth-order valence-corrected chi connectivity index (χ4v) is 5.01. The third-order valence-electron chi connectivity index (χ3n) is 5.87. The molecule has 0 bridgehead atoms. The largest absolute Gasteiger partial charge is 0.356 e. The molecule has 0 unspecified atom stereocenters. The molecule has 31 heavy (non-hydrogen) atoms. The van der Waals surface area contributed by atoms with Gasteiger partial charge in [0.15, 0.2) is 0 Å². The molecule has 4 nitrogen and oxygen atoms in total. The highest BCUT2D eigenvalue weighted by Crippen LogP contribution is 2.53. The molecule has 0 radical (unpaired) electrons. The van der Waals surface area contributed by atoms with E-state index in [-0.39, 0.29) is 17.1 Å². The van der Waals surface area contributed by atoms with Gasteiger partial charge in [-0.25, -0.2) is 14.4 Å². The van der Waals surface area contributed by atoms with Gasteiger partial charge in [-0.3, -0.25) is 4.79 Å². The average Bonchev–Trinajstić information content (AvgIpc) is 3.47. The molecular formula is C25H22FN3OS. The van der Waals surface area contributed by atoms with E-state index in [0.29, 0.717) is 23.5 Å². The van der Waals surface area contributed by atoms with Crippen molar-refractivity contribution in [3.63, 3.8) is 0 Å². The van der Waals surface area contributed by atoms with Crippen LogP contribution in [0.15, 0.2) is 60.7 Å². The average molecular weight is 432 g/mol. The first-order valence-electron chi connectivity index (χ1n) is 10.4. The first-order valence-corrected chi connectivity index (χ1v) is 11.2. The van der Waals surface area contributed by atoms with Crippen LogP contribution in [0.2, 0.25) is 0 Å². The van der Waals surface area contributed by atoms with Crippen molar-refractivity contribution in [1.82, 2.24) is 15.3 Å². The Hall–Kier alpha value is -3.12. The number of fused-ring (bicyclic) bond motifs is 1. The van der Waals surface area contributed by atoms with Crippen LogP contribution in [0.1, 0.15) is 36.6 Å². The van der Waals surface area contributed by atoms with Gasteiger partial charge in [-0.1, -0.05) is 47.7 Å². The Morgan fingerprint density at radius 3 is 2.61 bits per heavy atom. The van der Waals surface area contributed by atoms with Gasteiger partial charge in [0.25, 0.3) is 0 Å². The van der Waals surface area contributed by atoms with Crippen LogP contribution >= 0.6 is 11.3 Å². The summed E-state index contributed by atoms with van der Waals surface area (Å²) in [5, 5.41) is 3.37. The Bertz CT molecular complexity index is 1260. The Morgan fingerprint density at radius 2 is 1.90 bits per heavy atom. The monoisotopic (exact) mass is 431 g/mol. The molecule has 1 aliphatic carbocycles. The maximum absolute atomic E-state index is 14.8. The predicted molar refractivity (Wildman–Crippen MR) is 122 cm³/mol. The number of hydrogen-bond donors (Lipinski definition) is 1. The van der Waals surface area contributed by atoms with E-state index in [1.54, 1.807) is 6.07 Å². The molecule has 2 heterocycles. The molecule has 1 amide bonds. The van der Waals surface area contributed by atoms with Crippen molar-refractivity contribution in [1.29, 1.82) is 0 Å². The van der Waals surface area contributed by atoms with E-state index in [2.05, 4.69) is 40.6 Å². The van der Waals surface area contributed by atoms with E-state index in [9.17, 15) is 9.18 Å². The van der Waals surface area contributed by atoms with E-state index in [1.807, 2.05) is 18.2 Å². The first kappa shape index (κ1) is 19.8. The SMILES string of the molecule is CC(=O)NCCc1ccc(-c2nc3ccc(C4(c5ccccc5)CC4)nc3s2)c(F)c1. The molecule has 1 N–H and O–H groups in total. The second-order valence-electron chi connectivity index (χ2n) is 8.04. The van der Waals surface area contributed by atoms with Crippen molar-refractivity contribution >= 4 is 27.6 Å². The van der Waals surface area contributed by atoms with E-state index in [1.165, 1.54) is 29.9 Å². The molecule has 0 aliphatic heterocycles. The molecule has 0 spiro atoms. The smallest absolute Gasteiger partial charge is 0.216 e. The molecule has 2 aromatic carbocycles. The van der Waals surface area contributed by atoms with Gasteiger partial charge in [0.05, 0.1) is 5.69 Å². The van der Waals surface area contributed by atoms with E-state index >= 15 is 0 Å². The zero-order valence-corrected chi connectivity index (χ0v) is 18.0. The van der Waals surface area contributed by atoms with Crippen molar-refractivity contribution in [2.75, 3.05) is 6.54 Å². The predicted octanol–water partition coefficient (Wildman–Crippen LogP) is 5.26. The van der Waals surface area contributed by atoms with Gasteiger partial charge in [0, 0.05) is 24.4 Å². The normalized spacial score (nSPS) is 14.5. The molecular weight excluding hydrogens is 409 g/mol. The molecule has 5 rings (SSSR count). The molecule has 1 aliphatic rings. The highest BCUT2D eigenvalue weighted by atomic mass is 32.1. The number of amides is 1. The molecule has 4 aromatic rings. The van der Waals surface area contributed by atoms with Crippen LogP contribution in [0.5, 0.6) is 0 Å². The summed E-state index contributed by atoms with van der Waals surface area (Å²) in [6, 6.07) is 19.8. The van der Waals surface area contributed by atoms with E-state index < -0.39 is 0 Å². The summed E-state index contributed by atoms with van der Waals surface area (Å²) in [6.45, 7) is 1.96. The number of halogens is 1. The number of benzene rings is 2. The van der Waals surface area contributed by atoms with Crippen molar-refractivity contribution in [2.45, 2.75) is 31.6 Å². The third kappa shape index (κ3) is 3.83. The molecule has 2 aromatic heterocycles. The topological polar surface area (TPSA) is 54.9 Å². The molecule has 0 atom stereocenters. The number of nitrogens with one attached hydrogen (secondary N) is 1. The lowest BCUT2D eigenvalue weighted by atomic mass is 9.92. The van der Waals surface area contributed by atoms with Gasteiger partial charge in [0.2, 0.25) is 5.91 Å². The zero-order chi connectivity index (χ0) is 21.4. The number of nitrogens with zero attached hydrogens (tertiary/aromatic N) is 2. The summed E-state index contributed by atoms with van der Waals surface area (Å²) in [5.41, 5.74) is 4.48. The zero-order valence-electron chi connectivity index (χ0n) is 17.2. The summed E-state index contributed by atoms with van der Waals surface area (Å²) in [5.74, 6) is -0.388. The van der Waals surface area contributed by atoms with Crippen LogP contribution in [-0.4, -0.2) is 22.4 Å². The van der Waals surface area contributed by atoms with Crippen LogP contribution in [-0.2, 0) is 16.6 Å². The quantitative estimate of drug-likeness (QED) is 0.453. The molecule has 6 heteroatoms. The number of pyridine rings is 1. The second kappa shape index (κ2) is 7.85. The fraction of sp³-hybridized carbons (Fsp3) is 0.240. The lowest BCUT2D eigenvalue weighted by molar-refractivity contribution is -0.118. The van der Waals surface area contributed by atoms with Gasteiger partial charge in [-0.2, -0.15) is 0 Å². The van der Waals surface area contributed by atoms with Gasteiger partial charge >= 0.3 is 0 Å². The molecule has 156 valence electrons. The van der Waals surface area contributed by atoms with Gasteiger partial charge < -0.3 is 5.32 Å². The lowest BCUT2D eigenvalue weighted by Gasteiger charge is -2.14. The van der Waals surface area contributed by atoms with Crippen molar-refractivity contribution in [3.05, 3.63) is 83.3 Å². The summed E-state index contributed by atoms with van der Waals surface area (Å²) in [7, 11) is 0. The van der Waals surface area contributed by atoms with E-state index in [4.69, 9.17) is 4.98 Å². The van der Waals surface area contributed by atoms with Crippen molar-refractivity contribution < 1.29 is 9.18 Å². The minimum atomic E-state index is -0.303. The fourth-order valence-electron chi connectivity index (χ4n) is 4.04. The molecule has 1 fully saturated rings. The lowest BCUT2D eigenvalue weighted by Crippen LogP contribution is -2.22. The number of rotatable bonds is 6. The Morgan fingerprint density at radius 1 is 1.10 bits per heavy atom. The molecule has 0 saturated heterocycles. The maximum Gasteiger partial charge on any atom is 0.216 e. The summed E-state index contributed by atoms with van der Waals surface area (Å²) < 4.78 is 14.8. The number of thiazole rings is 1. The minimum Gasteiger partial charge on any atom is -0.356 e. The van der Waals surface area contributed by atoms with Gasteiger partial charge in [0.1, 0.15) is 21.2 Å². The van der Waals surface area contributed by atoms with Crippen LogP contribution in [0.25, 0.3) is 20.9 Å². The van der Waals surface area contributed by atoms with Crippen LogP contribution in [0.4, 0.5) is 4.39 Å². The van der Waals surface area contributed by atoms with Crippen LogP contribution in [0, 0.1) is 5.82 Å². The van der Waals surface area contributed by atoms with Gasteiger partial charge in [-0.05, 0) is 54.7 Å².